The molecule has 24 heavy (non-hydrogen) atoms. The third-order valence-electron chi connectivity index (χ3n) is 3.81. The number of hydrogen-bond acceptors (Lipinski definition) is 2. The lowest BCUT2D eigenvalue weighted by Crippen LogP contribution is -2.29. The molecule has 0 saturated carbocycles. The van der Waals surface area contributed by atoms with Gasteiger partial charge in [0.15, 0.2) is 11.6 Å². The monoisotopic (exact) mass is 333 g/mol. The van der Waals surface area contributed by atoms with Crippen LogP contribution in [0.1, 0.15) is 36.4 Å². The number of halogens is 2. The van der Waals surface area contributed by atoms with E-state index >= 15 is 0 Å². The van der Waals surface area contributed by atoms with Crippen LogP contribution in [0.15, 0.2) is 48.5 Å². The number of aliphatic hydroxyl groups is 1. The van der Waals surface area contributed by atoms with Crippen molar-refractivity contribution in [2.75, 3.05) is 6.61 Å². The highest BCUT2D eigenvalue weighted by atomic mass is 19.2. The number of carbonyl (C=O) groups excluding carboxylic acids is 1. The second-order valence-electron chi connectivity index (χ2n) is 5.65. The Morgan fingerprint density at radius 1 is 1.08 bits per heavy atom. The zero-order chi connectivity index (χ0) is 17.4. The Hall–Kier alpha value is -2.27. The number of nitrogens with one attached hydrogen (secondary N) is 1. The Morgan fingerprint density at radius 2 is 1.83 bits per heavy atom. The van der Waals surface area contributed by atoms with E-state index in [0.29, 0.717) is 24.8 Å². The quantitative estimate of drug-likeness (QED) is 0.776. The number of amides is 1. The van der Waals surface area contributed by atoms with Gasteiger partial charge < -0.3 is 10.4 Å². The van der Waals surface area contributed by atoms with Crippen molar-refractivity contribution in [2.24, 2.45) is 0 Å². The molecule has 0 aromatic heterocycles. The Bertz CT molecular complexity index is 662. The third-order valence-corrected chi connectivity index (χ3v) is 3.81. The third kappa shape index (κ3) is 5.42. The van der Waals surface area contributed by atoms with Gasteiger partial charge in [0.2, 0.25) is 5.91 Å². The highest BCUT2D eigenvalue weighted by molar-refractivity contribution is 5.76. The first-order valence-electron chi connectivity index (χ1n) is 7.99. The predicted molar refractivity (Wildman–Crippen MR) is 88.3 cm³/mol. The standard InChI is InChI=1S/C19H21F2NO2/c20-16-10-8-14(13-17(16)21)9-11-19(24)22-18(7-4-12-23)15-5-2-1-3-6-15/h1-3,5-6,8,10,13,18,23H,4,7,9,11-12H2,(H,22,24). The van der Waals surface area contributed by atoms with Gasteiger partial charge in [0, 0.05) is 13.0 Å². The van der Waals surface area contributed by atoms with Gasteiger partial charge in [-0.15, -0.1) is 0 Å². The van der Waals surface area contributed by atoms with Gasteiger partial charge in [-0.1, -0.05) is 36.4 Å². The molecule has 0 bridgehead atoms. The minimum absolute atomic E-state index is 0.0636. The molecule has 2 rings (SSSR count). The number of rotatable bonds is 8. The Labute approximate surface area is 140 Å². The summed E-state index contributed by atoms with van der Waals surface area (Å²) in [6.45, 7) is 0.0636. The first-order valence-corrected chi connectivity index (χ1v) is 7.99. The minimum atomic E-state index is -0.905. The normalized spacial score (nSPS) is 12.0. The largest absolute Gasteiger partial charge is 0.396 e. The maximum Gasteiger partial charge on any atom is 0.220 e. The van der Waals surface area contributed by atoms with Crippen LogP contribution in [0.3, 0.4) is 0 Å². The van der Waals surface area contributed by atoms with E-state index < -0.39 is 11.6 Å². The first kappa shape index (κ1) is 18.1. The summed E-state index contributed by atoms with van der Waals surface area (Å²) in [6, 6.07) is 13.0. The Balaban J connectivity index is 1.93. The summed E-state index contributed by atoms with van der Waals surface area (Å²) < 4.78 is 26.1. The summed E-state index contributed by atoms with van der Waals surface area (Å²) in [5.74, 6) is -1.96. The van der Waals surface area contributed by atoms with Gasteiger partial charge in [-0.05, 0) is 42.5 Å². The van der Waals surface area contributed by atoms with E-state index in [1.54, 1.807) is 0 Å². The highest BCUT2D eigenvalue weighted by Gasteiger charge is 2.14. The fourth-order valence-electron chi connectivity index (χ4n) is 2.52. The van der Waals surface area contributed by atoms with Crippen molar-refractivity contribution in [1.29, 1.82) is 0 Å². The molecule has 0 aliphatic heterocycles. The van der Waals surface area contributed by atoms with E-state index in [9.17, 15) is 13.6 Å². The SMILES string of the molecule is O=C(CCc1ccc(F)c(F)c1)NC(CCCO)c1ccccc1. The van der Waals surface area contributed by atoms with Crippen molar-refractivity contribution in [3.63, 3.8) is 0 Å². The van der Waals surface area contributed by atoms with Crippen molar-refractivity contribution < 1.29 is 18.7 Å². The summed E-state index contributed by atoms with van der Waals surface area (Å²) >= 11 is 0. The van der Waals surface area contributed by atoms with E-state index in [1.165, 1.54) is 6.07 Å². The fourth-order valence-corrected chi connectivity index (χ4v) is 2.52. The van der Waals surface area contributed by atoms with Crippen LogP contribution in [0.25, 0.3) is 0 Å². The molecule has 0 spiro atoms. The molecular weight excluding hydrogens is 312 g/mol. The summed E-state index contributed by atoms with van der Waals surface area (Å²) in [4.78, 5) is 12.2. The van der Waals surface area contributed by atoms with Crippen LogP contribution in [-0.4, -0.2) is 17.6 Å². The van der Waals surface area contributed by atoms with Gasteiger partial charge in [0.1, 0.15) is 0 Å². The molecule has 5 heteroatoms. The van der Waals surface area contributed by atoms with Crippen molar-refractivity contribution >= 4 is 5.91 Å². The van der Waals surface area contributed by atoms with Crippen LogP contribution in [0, 0.1) is 11.6 Å². The van der Waals surface area contributed by atoms with Crippen LogP contribution in [0.5, 0.6) is 0 Å². The number of benzene rings is 2. The van der Waals surface area contributed by atoms with E-state index in [-0.39, 0.29) is 25.0 Å². The molecule has 1 unspecified atom stereocenters. The summed E-state index contributed by atoms with van der Waals surface area (Å²) in [7, 11) is 0. The van der Waals surface area contributed by atoms with E-state index in [0.717, 1.165) is 17.7 Å². The van der Waals surface area contributed by atoms with Gasteiger partial charge in [-0.25, -0.2) is 8.78 Å². The van der Waals surface area contributed by atoms with Crippen LogP contribution in [0.2, 0.25) is 0 Å². The molecule has 0 fully saturated rings. The number of aryl methyl sites for hydroxylation is 1. The molecule has 1 atom stereocenters. The van der Waals surface area contributed by atoms with E-state index in [4.69, 9.17) is 5.11 Å². The summed E-state index contributed by atoms with van der Waals surface area (Å²) in [5, 5.41) is 12.0. The molecule has 1 amide bonds. The van der Waals surface area contributed by atoms with Gasteiger partial charge in [-0.3, -0.25) is 4.79 Å². The van der Waals surface area contributed by atoms with Crippen LogP contribution in [0.4, 0.5) is 8.78 Å². The van der Waals surface area contributed by atoms with Gasteiger partial charge in [0.25, 0.3) is 0 Å². The zero-order valence-corrected chi connectivity index (χ0v) is 13.3. The highest BCUT2D eigenvalue weighted by Crippen LogP contribution is 2.18. The maximum atomic E-state index is 13.2. The van der Waals surface area contributed by atoms with Crippen LogP contribution in [-0.2, 0) is 11.2 Å². The molecule has 0 aliphatic rings. The first-order chi connectivity index (χ1) is 11.6. The molecule has 0 aliphatic carbocycles. The number of hydrogen-bond donors (Lipinski definition) is 2. The summed E-state index contributed by atoms with van der Waals surface area (Å²) in [5.41, 5.74) is 1.56. The predicted octanol–water partition coefficient (Wildman–Crippen LogP) is 3.53. The maximum absolute atomic E-state index is 13.2. The fraction of sp³-hybridized carbons (Fsp3) is 0.316. The minimum Gasteiger partial charge on any atom is -0.396 e. The van der Waals surface area contributed by atoms with Crippen LogP contribution < -0.4 is 5.32 Å². The van der Waals surface area contributed by atoms with Crippen LogP contribution >= 0.6 is 0 Å². The second kappa shape index (κ2) is 9.13. The smallest absolute Gasteiger partial charge is 0.220 e. The molecule has 2 N–H and O–H groups in total. The van der Waals surface area contributed by atoms with E-state index in [2.05, 4.69) is 5.32 Å². The molecule has 0 saturated heterocycles. The number of carbonyl (C=O) groups is 1. The van der Waals surface area contributed by atoms with Gasteiger partial charge >= 0.3 is 0 Å². The van der Waals surface area contributed by atoms with Gasteiger partial charge in [0.05, 0.1) is 6.04 Å². The topological polar surface area (TPSA) is 49.3 Å². The molecular formula is C19H21F2NO2. The molecule has 3 nitrogen and oxygen atoms in total. The lowest BCUT2D eigenvalue weighted by molar-refractivity contribution is -0.121. The molecule has 0 radical (unpaired) electrons. The molecule has 0 heterocycles. The Kier molecular flexibility index (Phi) is 6.88. The van der Waals surface area contributed by atoms with Crippen molar-refractivity contribution in [3.8, 4) is 0 Å². The lowest BCUT2D eigenvalue weighted by atomic mass is 10.0. The Morgan fingerprint density at radius 3 is 2.50 bits per heavy atom. The van der Waals surface area contributed by atoms with E-state index in [1.807, 2.05) is 30.3 Å². The van der Waals surface area contributed by atoms with Crippen molar-refractivity contribution in [1.82, 2.24) is 5.32 Å². The molecule has 2 aromatic rings. The number of aliphatic hydroxyl groups excluding tert-OH is 1. The molecule has 128 valence electrons. The van der Waals surface area contributed by atoms with Crippen molar-refractivity contribution in [3.05, 3.63) is 71.3 Å². The van der Waals surface area contributed by atoms with Crippen molar-refractivity contribution in [2.45, 2.75) is 31.7 Å². The average Bonchev–Trinajstić information content (AvgIpc) is 2.60. The summed E-state index contributed by atoms with van der Waals surface area (Å²) in [6.07, 6.45) is 1.75. The molecule has 2 aromatic carbocycles. The zero-order valence-electron chi connectivity index (χ0n) is 13.3. The lowest BCUT2D eigenvalue weighted by Gasteiger charge is -2.19. The average molecular weight is 333 g/mol. The van der Waals surface area contributed by atoms with Gasteiger partial charge in [-0.2, -0.15) is 0 Å². The second-order valence-corrected chi connectivity index (χ2v) is 5.65.